The summed E-state index contributed by atoms with van der Waals surface area (Å²) in [5.41, 5.74) is 2.18. The van der Waals surface area contributed by atoms with Crippen LogP contribution >= 0.6 is 0 Å². The summed E-state index contributed by atoms with van der Waals surface area (Å²) >= 11 is 0. The first-order valence-electron chi connectivity index (χ1n) is 8.37. The lowest BCUT2D eigenvalue weighted by molar-refractivity contribution is -0.126. The first-order valence-corrected chi connectivity index (χ1v) is 8.37. The van der Waals surface area contributed by atoms with Crippen LogP contribution in [-0.4, -0.2) is 36.5 Å². The van der Waals surface area contributed by atoms with Gasteiger partial charge in [-0.25, -0.2) is 9.59 Å². The highest BCUT2D eigenvalue weighted by Crippen LogP contribution is 2.33. The van der Waals surface area contributed by atoms with E-state index in [0.717, 1.165) is 0 Å². The molecule has 2 aromatic rings. The predicted molar refractivity (Wildman–Crippen MR) is 93.3 cm³/mol. The number of benzene rings is 1. The average molecular weight is 367 g/mol. The van der Waals surface area contributed by atoms with Gasteiger partial charge in [0.25, 0.3) is 5.91 Å². The molecule has 0 bridgehead atoms. The molecule has 2 aliphatic rings. The molecule has 0 aliphatic carbocycles. The fourth-order valence-electron chi connectivity index (χ4n) is 3.33. The van der Waals surface area contributed by atoms with Gasteiger partial charge in [0.2, 0.25) is 0 Å². The van der Waals surface area contributed by atoms with E-state index in [-0.39, 0.29) is 11.9 Å². The summed E-state index contributed by atoms with van der Waals surface area (Å²) in [5.74, 6) is 0.0507. The Bertz CT molecular complexity index is 931. The van der Waals surface area contributed by atoms with Crippen LogP contribution < -0.4 is 10.6 Å². The minimum atomic E-state index is -0.588. The third-order valence-electron chi connectivity index (χ3n) is 4.61. The zero-order valence-corrected chi connectivity index (χ0v) is 14.5. The van der Waals surface area contributed by atoms with Gasteiger partial charge in [-0.3, -0.25) is 4.79 Å². The van der Waals surface area contributed by atoms with Crippen molar-refractivity contribution >= 4 is 17.9 Å². The first-order chi connectivity index (χ1) is 13.1. The number of methoxy groups -OCH3 is 1. The highest BCUT2D eigenvalue weighted by atomic mass is 16.5. The van der Waals surface area contributed by atoms with E-state index in [0.29, 0.717) is 41.2 Å². The van der Waals surface area contributed by atoms with Crippen molar-refractivity contribution in [2.45, 2.75) is 12.6 Å². The third kappa shape index (κ3) is 3.05. The lowest BCUT2D eigenvalue weighted by atomic mass is 9.95. The Balaban J connectivity index is 1.61. The van der Waals surface area contributed by atoms with Gasteiger partial charge in [-0.05, 0) is 29.8 Å². The molecule has 2 N–H and O–H groups in total. The fourth-order valence-corrected chi connectivity index (χ4v) is 3.33. The standard InChI is InChI=1S/C19H17N3O5/c1-26-18(24)12-6-4-11(5-7-12)16-15-14(20-19(25)21-16)10-22(17(15)23)9-13-3-2-8-27-13/h2-8,16H,9-10H2,1H3,(H2,20,21,25). The second kappa shape index (κ2) is 6.64. The highest BCUT2D eigenvalue weighted by Gasteiger charge is 2.40. The van der Waals surface area contributed by atoms with Crippen LogP contribution in [0.25, 0.3) is 0 Å². The highest BCUT2D eigenvalue weighted by molar-refractivity contribution is 6.01. The first kappa shape index (κ1) is 16.9. The van der Waals surface area contributed by atoms with E-state index in [4.69, 9.17) is 9.15 Å². The molecule has 4 rings (SSSR count). The molecule has 3 amide bonds. The largest absolute Gasteiger partial charge is 0.467 e. The zero-order chi connectivity index (χ0) is 19.0. The molecule has 8 nitrogen and oxygen atoms in total. The molecule has 27 heavy (non-hydrogen) atoms. The molecule has 138 valence electrons. The number of urea groups is 1. The topological polar surface area (TPSA) is 101 Å². The van der Waals surface area contributed by atoms with Crippen LogP contribution in [0.1, 0.15) is 27.7 Å². The minimum Gasteiger partial charge on any atom is -0.467 e. The number of rotatable bonds is 4. The van der Waals surface area contributed by atoms with E-state index in [1.54, 1.807) is 47.6 Å². The number of ether oxygens (including phenoxy) is 1. The molecular formula is C19H17N3O5. The maximum absolute atomic E-state index is 12.9. The Morgan fingerprint density at radius 1 is 1.26 bits per heavy atom. The minimum absolute atomic E-state index is 0.170. The average Bonchev–Trinajstić information content (AvgIpc) is 3.29. The summed E-state index contributed by atoms with van der Waals surface area (Å²) in [7, 11) is 1.31. The number of carbonyl (C=O) groups is 3. The maximum atomic E-state index is 12.9. The van der Waals surface area contributed by atoms with Crippen molar-refractivity contribution in [3.63, 3.8) is 0 Å². The molecule has 0 saturated carbocycles. The molecule has 2 aliphatic heterocycles. The number of nitrogens with zero attached hydrogens (tertiary/aromatic N) is 1. The van der Waals surface area contributed by atoms with Crippen LogP contribution in [0.15, 0.2) is 58.3 Å². The quantitative estimate of drug-likeness (QED) is 0.802. The fraction of sp³-hybridized carbons (Fsp3) is 0.211. The van der Waals surface area contributed by atoms with Crippen LogP contribution in [0.2, 0.25) is 0 Å². The summed E-state index contributed by atoms with van der Waals surface area (Å²) in [5, 5.41) is 5.50. The molecule has 0 fully saturated rings. The molecular weight excluding hydrogens is 350 g/mol. The zero-order valence-electron chi connectivity index (χ0n) is 14.5. The Morgan fingerprint density at radius 3 is 2.70 bits per heavy atom. The van der Waals surface area contributed by atoms with E-state index in [1.165, 1.54) is 7.11 Å². The van der Waals surface area contributed by atoms with Gasteiger partial charge in [-0.15, -0.1) is 0 Å². The van der Waals surface area contributed by atoms with Gasteiger partial charge in [-0.2, -0.15) is 0 Å². The van der Waals surface area contributed by atoms with E-state index in [9.17, 15) is 14.4 Å². The van der Waals surface area contributed by atoms with E-state index < -0.39 is 12.0 Å². The number of nitrogens with one attached hydrogen (secondary N) is 2. The summed E-state index contributed by atoms with van der Waals surface area (Å²) in [6.07, 6.45) is 1.55. The molecule has 0 saturated heterocycles. The number of hydrogen-bond donors (Lipinski definition) is 2. The maximum Gasteiger partial charge on any atom is 0.337 e. The normalized spacial score (nSPS) is 18.9. The van der Waals surface area contributed by atoms with Crippen molar-refractivity contribution in [2.75, 3.05) is 13.7 Å². The number of esters is 1. The molecule has 1 atom stereocenters. The van der Waals surface area contributed by atoms with Crippen molar-refractivity contribution < 1.29 is 23.5 Å². The van der Waals surface area contributed by atoms with Crippen molar-refractivity contribution in [1.82, 2.24) is 15.5 Å². The van der Waals surface area contributed by atoms with Gasteiger partial charge >= 0.3 is 12.0 Å². The van der Waals surface area contributed by atoms with Crippen molar-refractivity contribution in [2.24, 2.45) is 0 Å². The molecule has 3 heterocycles. The van der Waals surface area contributed by atoms with Crippen LogP contribution in [0, 0.1) is 0 Å². The summed E-state index contributed by atoms with van der Waals surface area (Å²) in [4.78, 5) is 38.2. The van der Waals surface area contributed by atoms with Crippen molar-refractivity contribution in [3.05, 3.63) is 70.8 Å². The van der Waals surface area contributed by atoms with Crippen molar-refractivity contribution in [1.29, 1.82) is 0 Å². The summed E-state index contributed by atoms with van der Waals surface area (Å²) < 4.78 is 10.0. The van der Waals surface area contributed by atoms with E-state index in [1.807, 2.05) is 0 Å². The number of hydrogen-bond acceptors (Lipinski definition) is 5. The van der Waals surface area contributed by atoms with E-state index >= 15 is 0 Å². The predicted octanol–water partition coefficient (Wildman–Crippen LogP) is 1.72. The van der Waals surface area contributed by atoms with Crippen LogP contribution in [0.3, 0.4) is 0 Å². The second-order valence-electron chi connectivity index (χ2n) is 6.28. The summed E-state index contributed by atoms with van der Waals surface area (Å²) in [6.45, 7) is 0.627. The van der Waals surface area contributed by atoms with E-state index in [2.05, 4.69) is 10.6 Å². The Hall–Kier alpha value is -3.55. The Kier molecular flexibility index (Phi) is 4.15. The lowest BCUT2D eigenvalue weighted by Gasteiger charge is -2.25. The Morgan fingerprint density at radius 2 is 2.04 bits per heavy atom. The number of amides is 3. The summed E-state index contributed by atoms with van der Waals surface area (Å²) in [6, 6.07) is 9.22. The van der Waals surface area contributed by atoms with Gasteiger partial charge in [-0.1, -0.05) is 12.1 Å². The van der Waals surface area contributed by atoms with Crippen molar-refractivity contribution in [3.8, 4) is 0 Å². The molecule has 1 aromatic carbocycles. The van der Waals surface area contributed by atoms with Gasteiger partial charge in [0, 0.05) is 0 Å². The van der Waals surface area contributed by atoms with Gasteiger partial charge in [0.15, 0.2) is 0 Å². The second-order valence-corrected chi connectivity index (χ2v) is 6.28. The van der Waals surface area contributed by atoms with Gasteiger partial charge in [0.05, 0.1) is 49.3 Å². The van der Waals surface area contributed by atoms with Gasteiger partial charge in [0.1, 0.15) is 5.76 Å². The van der Waals surface area contributed by atoms with Crippen LogP contribution in [0.4, 0.5) is 4.79 Å². The SMILES string of the molecule is COC(=O)c1ccc(C2NC(=O)NC3=C2C(=O)N(Cc2ccco2)C3)cc1. The molecule has 0 spiro atoms. The lowest BCUT2D eigenvalue weighted by Crippen LogP contribution is -2.44. The smallest absolute Gasteiger partial charge is 0.337 e. The molecule has 8 heteroatoms. The van der Waals surface area contributed by atoms with Crippen LogP contribution in [-0.2, 0) is 16.1 Å². The molecule has 0 radical (unpaired) electrons. The molecule has 1 unspecified atom stereocenters. The monoisotopic (exact) mass is 367 g/mol. The Labute approximate surface area is 154 Å². The van der Waals surface area contributed by atoms with Crippen LogP contribution in [0.5, 0.6) is 0 Å². The molecule has 1 aromatic heterocycles. The number of carbonyl (C=O) groups excluding carboxylic acids is 3. The van der Waals surface area contributed by atoms with Gasteiger partial charge < -0.3 is 24.7 Å². The number of furan rings is 1. The third-order valence-corrected chi connectivity index (χ3v) is 4.61.